The first-order valence-corrected chi connectivity index (χ1v) is 10.2. The number of rotatable bonds is 3. The summed E-state index contributed by atoms with van der Waals surface area (Å²) < 4.78 is 11.4. The molecule has 3 aromatic rings. The van der Waals surface area contributed by atoms with Crippen LogP contribution >= 0.6 is 0 Å². The Kier molecular flexibility index (Phi) is 5.02. The molecule has 3 aromatic carbocycles. The van der Waals surface area contributed by atoms with Gasteiger partial charge in [0.15, 0.2) is 0 Å². The van der Waals surface area contributed by atoms with Gasteiger partial charge in [-0.2, -0.15) is 0 Å². The molecule has 1 aliphatic heterocycles. The Hall–Kier alpha value is -2.92. The molecule has 158 valence electrons. The van der Waals surface area contributed by atoms with Crippen molar-refractivity contribution in [1.82, 2.24) is 4.90 Å². The molecule has 5 nitrogen and oxygen atoms in total. The zero-order valence-electron chi connectivity index (χ0n) is 18.4. The molecule has 1 heterocycles. The molecule has 2 atom stereocenters. The van der Waals surface area contributed by atoms with Gasteiger partial charge in [0.25, 0.3) is 0 Å². The van der Waals surface area contributed by atoms with Crippen LogP contribution in [0.3, 0.4) is 0 Å². The summed E-state index contributed by atoms with van der Waals surface area (Å²) in [6.45, 7) is 6.30. The van der Waals surface area contributed by atoms with E-state index in [0.29, 0.717) is 28.5 Å². The third-order valence-electron chi connectivity index (χ3n) is 6.52. The van der Waals surface area contributed by atoms with Gasteiger partial charge < -0.3 is 19.7 Å². The van der Waals surface area contributed by atoms with Crippen LogP contribution in [0.25, 0.3) is 21.9 Å². The Balaban J connectivity index is 2.09. The largest absolute Gasteiger partial charge is 0.507 e. The Morgan fingerprint density at radius 2 is 1.73 bits per heavy atom. The number of phenolic OH excluding ortho intramolecular Hbond substituents is 2. The van der Waals surface area contributed by atoms with Gasteiger partial charge in [-0.3, -0.25) is 4.90 Å². The highest BCUT2D eigenvalue weighted by atomic mass is 16.5. The number of methoxy groups -OCH3 is 2. The zero-order valence-corrected chi connectivity index (χ0v) is 18.4. The molecule has 0 fully saturated rings. The maximum Gasteiger partial charge on any atom is 0.135 e. The smallest absolute Gasteiger partial charge is 0.135 e. The summed E-state index contributed by atoms with van der Waals surface area (Å²) in [5, 5.41) is 23.2. The van der Waals surface area contributed by atoms with Crippen molar-refractivity contribution >= 4 is 10.8 Å². The van der Waals surface area contributed by atoms with Crippen LogP contribution in [0.5, 0.6) is 23.0 Å². The van der Waals surface area contributed by atoms with Crippen molar-refractivity contribution in [2.45, 2.75) is 39.3 Å². The molecule has 2 N–H and O–H groups in total. The third kappa shape index (κ3) is 2.96. The van der Waals surface area contributed by atoms with E-state index >= 15 is 0 Å². The van der Waals surface area contributed by atoms with Crippen molar-refractivity contribution in [3.8, 4) is 34.1 Å². The SMILES string of the molecule is COc1c(-c2ccc(OC)c3c(O)cc(C)cc23)c(O)cc2c1C(C)N(C)C(C)C2. The second-order valence-corrected chi connectivity index (χ2v) is 8.29. The molecule has 0 spiro atoms. The third-order valence-corrected chi connectivity index (χ3v) is 6.52. The van der Waals surface area contributed by atoms with Crippen molar-refractivity contribution in [2.75, 3.05) is 21.3 Å². The number of aryl methyl sites for hydroxylation is 1. The van der Waals surface area contributed by atoms with Gasteiger partial charge in [-0.1, -0.05) is 6.07 Å². The van der Waals surface area contributed by atoms with Crippen molar-refractivity contribution in [3.05, 3.63) is 47.0 Å². The predicted molar refractivity (Wildman–Crippen MR) is 120 cm³/mol. The molecule has 0 saturated carbocycles. The average Bonchev–Trinajstić information content (AvgIpc) is 2.70. The molecule has 2 unspecified atom stereocenters. The highest BCUT2D eigenvalue weighted by Crippen LogP contribution is 2.50. The topological polar surface area (TPSA) is 62.2 Å². The van der Waals surface area contributed by atoms with Crippen LogP contribution in [0.2, 0.25) is 0 Å². The first kappa shape index (κ1) is 20.4. The lowest BCUT2D eigenvalue weighted by molar-refractivity contribution is 0.175. The monoisotopic (exact) mass is 407 g/mol. The molecule has 0 bridgehead atoms. The molecule has 1 aliphatic rings. The second kappa shape index (κ2) is 7.40. The number of benzene rings is 3. The fourth-order valence-electron chi connectivity index (χ4n) is 4.82. The van der Waals surface area contributed by atoms with Gasteiger partial charge in [0, 0.05) is 17.6 Å². The highest BCUT2D eigenvalue weighted by molar-refractivity contribution is 6.05. The molecule has 30 heavy (non-hydrogen) atoms. The number of likely N-dealkylation sites (N-methyl/N-ethyl adjacent to an activating group) is 1. The van der Waals surface area contributed by atoms with Crippen LogP contribution in [0, 0.1) is 6.92 Å². The summed E-state index contributed by atoms with van der Waals surface area (Å²) in [5.41, 5.74) is 4.58. The summed E-state index contributed by atoms with van der Waals surface area (Å²) in [7, 11) is 5.36. The van der Waals surface area contributed by atoms with E-state index in [-0.39, 0.29) is 17.5 Å². The zero-order chi connectivity index (χ0) is 21.7. The first-order valence-electron chi connectivity index (χ1n) is 10.2. The van der Waals surface area contributed by atoms with E-state index in [4.69, 9.17) is 9.47 Å². The lowest BCUT2D eigenvalue weighted by atomic mass is 9.84. The van der Waals surface area contributed by atoms with Gasteiger partial charge in [-0.05, 0) is 80.6 Å². The van der Waals surface area contributed by atoms with Gasteiger partial charge in [0.2, 0.25) is 0 Å². The van der Waals surface area contributed by atoms with Gasteiger partial charge >= 0.3 is 0 Å². The number of hydrogen-bond acceptors (Lipinski definition) is 5. The lowest BCUT2D eigenvalue weighted by Crippen LogP contribution is -2.38. The number of hydrogen-bond donors (Lipinski definition) is 2. The lowest BCUT2D eigenvalue weighted by Gasteiger charge is -2.39. The fourth-order valence-corrected chi connectivity index (χ4v) is 4.82. The number of phenols is 2. The summed E-state index contributed by atoms with van der Waals surface area (Å²) in [5.74, 6) is 1.61. The maximum atomic E-state index is 11.1. The van der Waals surface area contributed by atoms with E-state index in [9.17, 15) is 10.2 Å². The van der Waals surface area contributed by atoms with Crippen LogP contribution in [-0.2, 0) is 6.42 Å². The predicted octanol–water partition coefficient (Wildman–Crippen LogP) is 5.18. The summed E-state index contributed by atoms with van der Waals surface area (Å²) in [6.07, 6.45) is 0.851. The van der Waals surface area contributed by atoms with Crippen LogP contribution in [0.4, 0.5) is 0 Å². The van der Waals surface area contributed by atoms with Crippen molar-refractivity contribution in [1.29, 1.82) is 0 Å². The molecule has 0 aromatic heterocycles. The van der Waals surface area contributed by atoms with Crippen molar-refractivity contribution < 1.29 is 19.7 Å². The van der Waals surface area contributed by atoms with Crippen molar-refractivity contribution in [2.24, 2.45) is 0 Å². The standard InChI is InChI=1S/C25H29NO4/c1-13-9-18-17(7-8-21(29-5)23(18)19(27)10-13)24-20(28)12-16-11-14(2)26(4)15(3)22(16)25(24)30-6/h7-10,12,14-15,27-28H,11H2,1-6H3. The van der Waals surface area contributed by atoms with Crippen LogP contribution in [0.1, 0.15) is 36.6 Å². The highest BCUT2D eigenvalue weighted by Gasteiger charge is 2.32. The van der Waals surface area contributed by atoms with Crippen molar-refractivity contribution in [3.63, 3.8) is 0 Å². The number of fused-ring (bicyclic) bond motifs is 2. The average molecular weight is 408 g/mol. The minimum absolute atomic E-state index is 0.151. The summed E-state index contributed by atoms with van der Waals surface area (Å²) >= 11 is 0. The van der Waals surface area contributed by atoms with E-state index < -0.39 is 0 Å². The minimum Gasteiger partial charge on any atom is -0.507 e. The quantitative estimate of drug-likeness (QED) is 0.626. The van der Waals surface area contributed by atoms with Gasteiger partial charge in [0.1, 0.15) is 23.0 Å². The number of aromatic hydroxyl groups is 2. The molecule has 0 aliphatic carbocycles. The van der Waals surface area contributed by atoms with E-state index in [1.807, 2.05) is 31.2 Å². The second-order valence-electron chi connectivity index (χ2n) is 8.29. The molecular formula is C25H29NO4. The summed E-state index contributed by atoms with van der Waals surface area (Å²) in [4.78, 5) is 2.33. The Morgan fingerprint density at radius 1 is 1.00 bits per heavy atom. The van der Waals surface area contributed by atoms with E-state index in [1.54, 1.807) is 20.3 Å². The van der Waals surface area contributed by atoms with E-state index in [1.165, 1.54) is 0 Å². The van der Waals surface area contributed by atoms with Gasteiger partial charge in [0.05, 0.1) is 25.2 Å². The molecule has 0 saturated heterocycles. The fraction of sp³-hybridized carbons (Fsp3) is 0.360. The van der Waals surface area contributed by atoms with Gasteiger partial charge in [-0.25, -0.2) is 0 Å². The van der Waals surface area contributed by atoms with Crippen LogP contribution in [0.15, 0.2) is 30.3 Å². The Bertz CT molecular complexity index is 1140. The Morgan fingerprint density at radius 3 is 2.40 bits per heavy atom. The van der Waals surface area contributed by atoms with Crippen LogP contribution in [-0.4, -0.2) is 42.4 Å². The molecule has 5 heteroatoms. The van der Waals surface area contributed by atoms with Crippen LogP contribution < -0.4 is 9.47 Å². The van der Waals surface area contributed by atoms with E-state index in [2.05, 4.69) is 25.8 Å². The first-order chi connectivity index (χ1) is 14.3. The normalized spacial score (nSPS) is 19.0. The minimum atomic E-state index is 0.151. The number of nitrogens with zero attached hydrogens (tertiary/aromatic N) is 1. The molecule has 0 radical (unpaired) electrons. The maximum absolute atomic E-state index is 11.1. The Labute approximate surface area is 177 Å². The van der Waals surface area contributed by atoms with E-state index in [0.717, 1.165) is 34.1 Å². The molecule has 4 rings (SSSR count). The molecule has 0 amide bonds. The van der Waals surface area contributed by atoms with Gasteiger partial charge in [-0.15, -0.1) is 0 Å². The summed E-state index contributed by atoms with van der Waals surface area (Å²) in [6, 6.07) is 9.87. The number of ether oxygens (including phenoxy) is 2. The molecular weight excluding hydrogens is 378 g/mol.